The number of likely N-dealkylation sites (tertiary alicyclic amines) is 2. The molecular weight excluding hydrogens is 873 g/mol. The molecule has 0 bridgehead atoms. The standard InChI is InChI=1S/C10H16BN2O.C10H16N2O.C9H14N2O.C8H13N.C2H6B.C2H4ClNO.2CH4.4H3P/c1-8-6-10(14-12-8)9-4-3-5-13(7-9)11-2;1-8-6-10(13-11-8)9-4-3-5-12(2)7-9;1-7-5-9(12-11-7)8-3-2-4-10-6-8;1-3-8-5-4-6-9(2)7-8;1-3-2;1-2(3)4-5;;;;;;/h6,9H,3-5,7H2,1-2H3;6,9H,3-5,7H2,1-2H3;5,8,10H,2-4,6H2,1H3;1,8H,4-7H2,2H3;1-2H3;5H,1H3;2*1H4;4*1H3/b;;;;;4-2-;;;;;;. The monoisotopic (exact) mass is 963 g/mol. The molecule has 12 nitrogen and oxygen atoms in total. The van der Waals surface area contributed by atoms with Crippen LogP contribution in [0.15, 0.2) is 36.9 Å². The topological polar surface area (TPSA) is 132 Å². The van der Waals surface area contributed by atoms with E-state index in [1.165, 1.54) is 77.9 Å². The molecule has 7 rings (SSSR count). The number of nitrogens with one attached hydrogen (secondary N) is 1. The molecule has 8 unspecified atom stereocenters. The molecule has 2 N–H and O–H groups in total. The summed E-state index contributed by atoms with van der Waals surface area (Å²) in [6.45, 7) is 22.5. The number of piperidine rings is 4. The zero-order valence-corrected chi connectivity index (χ0v) is 45.0. The van der Waals surface area contributed by atoms with Crippen molar-refractivity contribution in [2.24, 2.45) is 11.1 Å². The van der Waals surface area contributed by atoms with Gasteiger partial charge < -0.3 is 38.7 Å². The number of aromatic nitrogens is 3. The highest BCUT2D eigenvalue weighted by molar-refractivity contribution is 6.92. The molecular formula is C43H89B2ClN8O4P4. The predicted molar refractivity (Wildman–Crippen MR) is 288 cm³/mol. The average Bonchev–Trinajstić information content (AvgIpc) is 3.98. The molecule has 4 aliphatic rings. The third-order valence-electron chi connectivity index (χ3n) is 9.88. The first-order valence-corrected chi connectivity index (χ1v) is 20.8. The van der Waals surface area contributed by atoms with Crippen LogP contribution in [-0.2, 0) is 0 Å². The maximum absolute atomic E-state index is 7.60. The Morgan fingerprint density at radius 3 is 1.48 bits per heavy atom. The van der Waals surface area contributed by atoms with E-state index >= 15 is 0 Å². The average molecular weight is 963 g/mol. The Balaban J connectivity index is -0.000000215. The van der Waals surface area contributed by atoms with E-state index in [9.17, 15) is 0 Å². The highest BCUT2D eigenvalue weighted by Crippen LogP contribution is 2.28. The van der Waals surface area contributed by atoms with Gasteiger partial charge in [-0.1, -0.05) is 67.5 Å². The fourth-order valence-electron chi connectivity index (χ4n) is 7.00. The molecule has 8 atom stereocenters. The second-order valence-electron chi connectivity index (χ2n) is 15.3. The molecule has 4 aliphatic heterocycles. The van der Waals surface area contributed by atoms with Crippen LogP contribution in [0.25, 0.3) is 0 Å². The number of oxime groups is 1. The summed E-state index contributed by atoms with van der Waals surface area (Å²) >= 11 is 4.96. The number of likely N-dealkylation sites (N-methyl/N-ethyl adjacent to an activating group) is 1. The van der Waals surface area contributed by atoms with Gasteiger partial charge in [-0.05, 0) is 126 Å². The number of halogens is 1. The first-order valence-electron chi connectivity index (χ1n) is 20.4. The van der Waals surface area contributed by atoms with Gasteiger partial charge in [0.1, 0.15) is 29.7 Å². The van der Waals surface area contributed by atoms with Crippen molar-refractivity contribution in [3.8, 4) is 12.3 Å². The molecule has 4 fully saturated rings. The number of nitrogens with zero attached hydrogens (tertiary/aromatic N) is 7. The van der Waals surface area contributed by atoms with Gasteiger partial charge in [-0.25, -0.2) is 0 Å². The predicted octanol–water partition coefficient (Wildman–Crippen LogP) is 9.36. The van der Waals surface area contributed by atoms with Crippen molar-refractivity contribution >= 4 is 71.1 Å². The Labute approximate surface area is 398 Å². The van der Waals surface area contributed by atoms with Gasteiger partial charge in [0.25, 0.3) is 0 Å². The van der Waals surface area contributed by atoms with Gasteiger partial charge >= 0.3 is 0 Å². The van der Waals surface area contributed by atoms with E-state index in [0.717, 1.165) is 67.1 Å². The summed E-state index contributed by atoms with van der Waals surface area (Å²) in [6.07, 6.45) is 15.2. The van der Waals surface area contributed by atoms with E-state index in [4.69, 9.17) is 36.8 Å². The summed E-state index contributed by atoms with van der Waals surface area (Å²) in [5.41, 5.74) is 2.96. The van der Waals surface area contributed by atoms with E-state index in [1.54, 1.807) is 0 Å². The molecule has 19 heteroatoms. The highest BCUT2D eigenvalue weighted by Gasteiger charge is 2.24. The molecule has 4 saturated heterocycles. The normalized spacial score (nSPS) is 20.8. The zero-order valence-electron chi connectivity index (χ0n) is 38.6. The van der Waals surface area contributed by atoms with Crippen molar-refractivity contribution in [1.82, 2.24) is 35.4 Å². The van der Waals surface area contributed by atoms with E-state index in [0.29, 0.717) is 23.7 Å². The molecule has 0 aliphatic carbocycles. The van der Waals surface area contributed by atoms with Gasteiger partial charge in [-0.15, -0.1) is 12.3 Å². The molecule has 0 amide bonds. The SMILES string of the molecule is C.C.C#CC1CCCN(C)C1.C/C(Cl)=N/O.C[B]C.C[B]N1CCCC(c2cc(C)no2)C1.Cc1cc(C2CCCN(C)C2)on1.Cc1cc(C2CCCNC2)on1.P.P.P.P. The molecule has 2 radical (unpaired) electrons. The number of hydrogen-bond donors (Lipinski definition) is 2. The van der Waals surface area contributed by atoms with Gasteiger partial charge in [0.2, 0.25) is 7.41 Å². The second kappa shape index (κ2) is 41.1. The van der Waals surface area contributed by atoms with Crippen molar-refractivity contribution in [2.75, 3.05) is 66.5 Å². The van der Waals surface area contributed by atoms with Crippen LogP contribution in [0.4, 0.5) is 0 Å². The lowest BCUT2D eigenvalue weighted by molar-refractivity contribution is 0.223. The van der Waals surface area contributed by atoms with Gasteiger partial charge in [0.05, 0.1) is 17.1 Å². The van der Waals surface area contributed by atoms with E-state index in [1.807, 2.05) is 47.8 Å². The summed E-state index contributed by atoms with van der Waals surface area (Å²) in [5.74, 6) is 8.09. The Hall–Kier alpha value is -1.36. The van der Waals surface area contributed by atoms with Crippen LogP contribution in [0.1, 0.15) is 125 Å². The molecule has 0 saturated carbocycles. The van der Waals surface area contributed by atoms with Crippen molar-refractivity contribution in [3.05, 3.63) is 52.6 Å². The molecule has 7 heterocycles. The van der Waals surface area contributed by atoms with Crippen LogP contribution in [0.5, 0.6) is 0 Å². The first kappa shape index (κ1) is 69.7. The molecule has 0 spiro atoms. The van der Waals surface area contributed by atoms with Gasteiger partial charge in [-0.3, -0.25) is 0 Å². The van der Waals surface area contributed by atoms with Gasteiger partial charge in [0, 0.05) is 61.5 Å². The first-order chi connectivity index (χ1) is 26.9. The lowest BCUT2D eigenvalue weighted by atomic mass is 9.87. The lowest BCUT2D eigenvalue weighted by Gasteiger charge is -2.30. The lowest BCUT2D eigenvalue weighted by Crippen LogP contribution is -2.35. The van der Waals surface area contributed by atoms with E-state index in [2.05, 4.69) is 86.9 Å². The fourth-order valence-corrected chi connectivity index (χ4v) is 7.00. The Morgan fingerprint density at radius 2 is 1.15 bits per heavy atom. The largest absolute Gasteiger partial charge is 0.410 e. The van der Waals surface area contributed by atoms with Crippen LogP contribution in [0.2, 0.25) is 20.5 Å². The summed E-state index contributed by atoms with van der Waals surface area (Å²) < 4.78 is 15.8. The van der Waals surface area contributed by atoms with Crippen LogP contribution in [-0.4, -0.2) is 122 Å². The summed E-state index contributed by atoms with van der Waals surface area (Å²) in [6, 6.07) is 6.16. The Bertz CT molecular complexity index is 1540. The van der Waals surface area contributed by atoms with Crippen molar-refractivity contribution < 1.29 is 18.8 Å². The van der Waals surface area contributed by atoms with Crippen LogP contribution in [0, 0.1) is 39.0 Å². The Morgan fingerprint density at radius 1 is 0.742 bits per heavy atom. The maximum atomic E-state index is 7.60. The number of aryl methyl sites for hydroxylation is 3. The fraction of sp³-hybridized carbons (Fsp3) is 0.721. The summed E-state index contributed by atoms with van der Waals surface area (Å²) in [5, 5.41) is 25.4. The summed E-state index contributed by atoms with van der Waals surface area (Å²) in [7, 11) is 8.45. The molecule has 358 valence electrons. The maximum Gasteiger partial charge on any atom is 0.205 e. The highest BCUT2D eigenvalue weighted by atomic mass is 35.5. The van der Waals surface area contributed by atoms with Gasteiger partial charge in [0.15, 0.2) is 0 Å². The minimum absolute atomic E-state index is 0. The zero-order chi connectivity index (χ0) is 41.3. The smallest absolute Gasteiger partial charge is 0.205 e. The van der Waals surface area contributed by atoms with Crippen molar-refractivity contribution in [2.45, 2.75) is 132 Å². The van der Waals surface area contributed by atoms with Crippen LogP contribution >= 0.6 is 51.2 Å². The number of rotatable bonds is 4. The molecule has 62 heavy (non-hydrogen) atoms. The van der Waals surface area contributed by atoms with E-state index in [-0.39, 0.29) is 59.6 Å². The molecule has 0 aromatic carbocycles. The third kappa shape index (κ3) is 29.2. The third-order valence-corrected chi connectivity index (χ3v) is 9.96. The van der Waals surface area contributed by atoms with E-state index < -0.39 is 0 Å². The molecule has 3 aromatic heterocycles. The molecule has 3 aromatic rings. The Kier molecular flexibility index (Phi) is 46.2. The van der Waals surface area contributed by atoms with Crippen LogP contribution < -0.4 is 5.32 Å². The van der Waals surface area contributed by atoms with Gasteiger partial charge in [-0.2, -0.15) is 39.6 Å². The second-order valence-corrected chi connectivity index (χ2v) is 15.8. The minimum atomic E-state index is 0. The van der Waals surface area contributed by atoms with Crippen molar-refractivity contribution in [1.29, 1.82) is 0 Å². The summed E-state index contributed by atoms with van der Waals surface area (Å²) in [4.78, 5) is 7.01. The number of hydrogen-bond acceptors (Lipinski definition) is 12. The number of terminal acetylenes is 1. The quantitative estimate of drug-likeness (QED) is 0.0648. The van der Waals surface area contributed by atoms with Crippen molar-refractivity contribution in [3.63, 3.8) is 0 Å². The minimum Gasteiger partial charge on any atom is -0.410 e. The van der Waals surface area contributed by atoms with Crippen LogP contribution in [0.3, 0.4) is 0 Å².